The SMILES string of the molecule is Cc1cc(SC(C)(C)C)cnc1OCc1ccccc1. The topological polar surface area (TPSA) is 22.1 Å². The molecule has 0 saturated carbocycles. The Kier molecular flexibility index (Phi) is 4.71. The first-order chi connectivity index (χ1) is 9.44. The minimum absolute atomic E-state index is 0.195. The first-order valence-corrected chi connectivity index (χ1v) is 7.58. The van der Waals surface area contributed by atoms with Crippen molar-refractivity contribution in [2.75, 3.05) is 0 Å². The lowest BCUT2D eigenvalue weighted by Gasteiger charge is -2.18. The summed E-state index contributed by atoms with van der Waals surface area (Å²) >= 11 is 1.82. The van der Waals surface area contributed by atoms with Crippen LogP contribution in [0.3, 0.4) is 0 Å². The minimum Gasteiger partial charge on any atom is -0.473 e. The van der Waals surface area contributed by atoms with Crippen LogP contribution in [-0.2, 0) is 6.61 Å². The molecule has 2 nitrogen and oxygen atoms in total. The molecule has 0 fully saturated rings. The largest absolute Gasteiger partial charge is 0.473 e. The normalized spacial score (nSPS) is 11.4. The molecule has 2 rings (SSSR count). The third-order valence-electron chi connectivity index (χ3n) is 2.65. The zero-order chi connectivity index (χ0) is 14.6. The lowest BCUT2D eigenvalue weighted by atomic mass is 10.2. The summed E-state index contributed by atoms with van der Waals surface area (Å²) in [5, 5.41) is 0. The summed E-state index contributed by atoms with van der Waals surface area (Å²) in [6, 6.07) is 12.3. The lowest BCUT2D eigenvalue weighted by Crippen LogP contribution is -2.07. The minimum atomic E-state index is 0.195. The van der Waals surface area contributed by atoms with Crippen molar-refractivity contribution in [2.45, 2.75) is 43.9 Å². The molecule has 1 aromatic heterocycles. The number of aryl methyl sites for hydroxylation is 1. The molecule has 1 aromatic carbocycles. The average molecular weight is 287 g/mol. The molecule has 0 spiro atoms. The number of rotatable bonds is 4. The summed E-state index contributed by atoms with van der Waals surface area (Å²) in [5.74, 6) is 0.715. The smallest absolute Gasteiger partial charge is 0.216 e. The van der Waals surface area contributed by atoms with Crippen LogP contribution in [0.15, 0.2) is 47.5 Å². The van der Waals surface area contributed by atoms with E-state index in [1.54, 1.807) is 0 Å². The van der Waals surface area contributed by atoms with Gasteiger partial charge in [0.1, 0.15) is 6.61 Å². The number of hydrogen-bond donors (Lipinski definition) is 0. The fourth-order valence-corrected chi connectivity index (χ4v) is 2.87. The predicted molar refractivity (Wildman–Crippen MR) is 85.4 cm³/mol. The van der Waals surface area contributed by atoms with Crippen LogP contribution in [0.1, 0.15) is 31.9 Å². The number of pyridine rings is 1. The van der Waals surface area contributed by atoms with E-state index in [0.717, 1.165) is 11.1 Å². The highest BCUT2D eigenvalue weighted by molar-refractivity contribution is 8.00. The van der Waals surface area contributed by atoms with Crippen molar-refractivity contribution in [1.29, 1.82) is 0 Å². The number of thioether (sulfide) groups is 1. The average Bonchev–Trinajstić information content (AvgIpc) is 2.37. The highest BCUT2D eigenvalue weighted by Gasteiger charge is 2.13. The summed E-state index contributed by atoms with van der Waals surface area (Å²) in [6.07, 6.45) is 1.89. The maximum absolute atomic E-state index is 5.79. The van der Waals surface area contributed by atoms with E-state index in [-0.39, 0.29) is 4.75 Å². The molecule has 0 radical (unpaired) electrons. The Hall–Kier alpha value is -1.48. The van der Waals surface area contributed by atoms with E-state index in [1.165, 1.54) is 4.90 Å². The molecule has 106 valence electrons. The van der Waals surface area contributed by atoms with Crippen LogP contribution >= 0.6 is 11.8 Å². The number of nitrogens with zero attached hydrogens (tertiary/aromatic N) is 1. The molecular formula is C17H21NOS. The van der Waals surface area contributed by atoms with Gasteiger partial charge in [0, 0.05) is 21.4 Å². The Morgan fingerprint density at radius 1 is 1.15 bits per heavy atom. The molecule has 0 atom stereocenters. The van der Waals surface area contributed by atoms with Gasteiger partial charge in [0.25, 0.3) is 0 Å². The van der Waals surface area contributed by atoms with Crippen LogP contribution in [-0.4, -0.2) is 9.73 Å². The van der Waals surface area contributed by atoms with E-state index >= 15 is 0 Å². The lowest BCUT2D eigenvalue weighted by molar-refractivity contribution is 0.291. The number of aromatic nitrogens is 1. The quantitative estimate of drug-likeness (QED) is 0.750. The van der Waals surface area contributed by atoms with E-state index in [0.29, 0.717) is 12.5 Å². The van der Waals surface area contributed by atoms with Gasteiger partial charge in [0.05, 0.1) is 0 Å². The highest BCUT2D eigenvalue weighted by atomic mass is 32.2. The Balaban J connectivity index is 2.03. The van der Waals surface area contributed by atoms with Crippen LogP contribution < -0.4 is 4.74 Å². The highest BCUT2D eigenvalue weighted by Crippen LogP contribution is 2.33. The van der Waals surface area contributed by atoms with Crippen LogP contribution in [0.5, 0.6) is 5.88 Å². The third-order valence-corrected chi connectivity index (χ3v) is 3.72. The summed E-state index contributed by atoms with van der Waals surface area (Å²) < 4.78 is 5.98. The monoisotopic (exact) mass is 287 g/mol. The van der Waals surface area contributed by atoms with E-state index in [9.17, 15) is 0 Å². The summed E-state index contributed by atoms with van der Waals surface area (Å²) in [4.78, 5) is 5.62. The molecule has 0 aliphatic carbocycles. The van der Waals surface area contributed by atoms with E-state index in [4.69, 9.17) is 4.74 Å². The second-order valence-electron chi connectivity index (χ2n) is 5.78. The van der Waals surface area contributed by atoms with E-state index < -0.39 is 0 Å². The Morgan fingerprint density at radius 2 is 1.85 bits per heavy atom. The van der Waals surface area contributed by atoms with Gasteiger partial charge in [-0.1, -0.05) is 51.1 Å². The molecule has 0 N–H and O–H groups in total. The predicted octanol–water partition coefficient (Wildman–Crippen LogP) is 4.86. The van der Waals surface area contributed by atoms with E-state index in [2.05, 4.69) is 44.0 Å². The molecule has 0 aliphatic rings. The first-order valence-electron chi connectivity index (χ1n) is 6.76. The Labute approximate surface area is 125 Å². The molecule has 0 saturated heterocycles. The summed E-state index contributed by atoms with van der Waals surface area (Å²) in [7, 11) is 0. The summed E-state index contributed by atoms with van der Waals surface area (Å²) in [6.45, 7) is 9.20. The van der Waals surface area contributed by atoms with Gasteiger partial charge in [0.15, 0.2) is 0 Å². The molecule has 0 unspecified atom stereocenters. The maximum Gasteiger partial charge on any atom is 0.216 e. The fraction of sp³-hybridized carbons (Fsp3) is 0.353. The van der Waals surface area contributed by atoms with Crippen molar-refractivity contribution >= 4 is 11.8 Å². The second-order valence-corrected chi connectivity index (χ2v) is 7.68. The van der Waals surface area contributed by atoms with Gasteiger partial charge < -0.3 is 4.74 Å². The Morgan fingerprint density at radius 3 is 2.45 bits per heavy atom. The van der Waals surface area contributed by atoms with Gasteiger partial charge in [0.2, 0.25) is 5.88 Å². The van der Waals surface area contributed by atoms with Crippen LogP contribution in [0.25, 0.3) is 0 Å². The van der Waals surface area contributed by atoms with Gasteiger partial charge in [-0.3, -0.25) is 0 Å². The molecule has 0 amide bonds. The van der Waals surface area contributed by atoms with Crippen molar-refractivity contribution in [1.82, 2.24) is 4.98 Å². The zero-order valence-electron chi connectivity index (χ0n) is 12.5. The molecule has 3 heteroatoms. The molecule has 20 heavy (non-hydrogen) atoms. The first kappa shape index (κ1) is 14.9. The van der Waals surface area contributed by atoms with Crippen molar-refractivity contribution in [3.05, 3.63) is 53.7 Å². The van der Waals surface area contributed by atoms with Crippen molar-refractivity contribution in [3.8, 4) is 5.88 Å². The molecule has 1 heterocycles. The number of benzene rings is 1. The maximum atomic E-state index is 5.79. The van der Waals surface area contributed by atoms with Crippen molar-refractivity contribution < 1.29 is 4.74 Å². The van der Waals surface area contributed by atoms with Crippen LogP contribution in [0.4, 0.5) is 0 Å². The second kappa shape index (κ2) is 6.31. The standard InChI is InChI=1S/C17H21NOS/c1-13-10-15(20-17(2,3)4)11-18-16(13)19-12-14-8-6-5-7-9-14/h5-11H,12H2,1-4H3. The van der Waals surface area contributed by atoms with E-state index in [1.807, 2.05) is 43.1 Å². The fourth-order valence-electron chi connectivity index (χ4n) is 1.82. The van der Waals surface area contributed by atoms with Crippen LogP contribution in [0, 0.1) is 6.92 Å². The third kappa shape index (κ3) is 4.57. The molecule has 0 aliphatic heterocycles. The van der Waals surface area contributed by atoms with Gasteiger partial charge >= 0.3 is 0 Å². The Bertz CT molecular complexity index is 561. The molecule has 0 bridgehead atoms. The van der Waals surface area contributed by atoms with Crippen LogP contribution in [0.2, 0.25) is 0 Å². The van der Waals surface area contributed by atoms with Gasteiger partial charge in [-0.15, -0.1) is 11.8 Å². The number of ether oxygens (including phenoxy) is 1. The van der Waals surface area contributed by atoms with Gasteiger partial charge in [-0.25, -0.2) is 4.98 Å². The van der Waals surface area contributed by atoms with Crippen molar-refractivity contribution in [3.63, 3.8) is 0 Å². The molecule has 2 aromatic rings. The van der Waals surface area contributed by atoms with Crippen molar-refractivity contribution in [2.24, 2.45) is 0 Å². The van der Waals surface area contributed by atoms with Gasteiger partial charge in [-0.2, -0.15) is 0 Å². The van der Waals surface area contributed by atoms with Gasteiger partial charge in [-0.05, 0) is 18.6 Å². The number of hydrogen-bond acceptors (Lipinski definition) is 3. The zero-order valence-corrected chi connectivity index (χ0v) is 13.3. The molecular weight excluding hydrogens is 266 g/mol. The summed E-state index contributed by atoms with van der Waals surface area (Å²) in [5.41, 5.74) is 2.23.